The van der Waals surface area contributed by atoms with Crippen molar-refractivity contribution in [3.63, 3.8) is 0 Å². The molecule has 1 aliphatic rings. The molecule has 3 aromatic carbocycles. The Morgan fingerprint density at radius 3 is 2.36 bits per heavy atom. The summed E-state index contributed by atoms with van der Waals surface area (Å²) in [5, 5.41) is 9.84. The van der Waals surface area contributed by atoms with Gasteiger partial charge in [0.25, 0.3) is 5.91 Å². The minimum absolute atomic E-state index is 0.0865. The van der Waals surface area contributed by atoms with Gasteiger partial charge >= 0.3 is 0 Å². The molecule has 0 saturated carbocycles. The molecule has 138 valence electrons. The predicted molar refractivity (Wildman–Crippen MR) is 108 cm³/mol. The Morgan fingerprint density at radius 1 is 0.893 bits per heavy atom. The van der Waals surface area contributed by atoms with Crippen molar-refractivity contribution in [2.24, 2.45) is 4.99 Å². The maximum atomic E-state index is 13.0. The highest BCUT2D eigenvalue weighted by Gasteiger charge is 2.33. The Morgan fingerprint density at radius 2 is 1.57 bits per heavy atom. The van der Waals surface area contributed by atoms with Gasteiger partial charge in [0.1, 0.15) is 18.0 Å². The molecule has 0 aromatic heterocycles. The van der Waals surface area contributed by atoms with Crippen LogP contribution in [0.4, 0.5) is 5.69 Å². The van der Waals surface area contributed by atoms with E-state index in [9.17, 15) is 14.7 Å². The zero-order valence-corrected chi connectivity index (χ0v) is 15.1. The Hall–Kier alpha value is -3.73. The molecule has 5 nitrogen and oxygen atoms in total. The average molecular weight is 370 g/mol. The Labute approximate surface area is 162 Å². The van der Waals surface area contributed by atoms with Crippen molar-refractivity contribution in [1.29, 1.82) is 0 Å². The van der Waals surface area contributed by atoms with Gasteiger partial charge in [-0.1, -0.05) is 60.7 Å². The number of fused-ring (bicyclic) bond motifs is 1. The number of para-hydroxylation sites is 2. The monoisotopic (exact) mass is 370 g/mol. The molecule has 4 rings (SSSR count). The zero-order chi connectivity index (χ0) is 19.5. The molecule has 1 amide bonds. The molecule has 0 bridgehead atoms. The van der Waals surface area contributed by atoms with Gasteiger partial charge in [-0.3, -0.25) is 14.6 Å². The highest BCUT2D eigenvalue weighted by molar-refractivity contribution is 6.54. The fourth-order valence-electron chi connectivity index (χ4n) is 3.28. The first-order chi connectivity index (χ1) is 13.6. The predicted octanol–water partition coefficient (Wildman–Crippen LogP) is 3.61. The number of ketones is 1. The number of aliphatic imine (C=N–C) groups is 1. The number of amides is 1. The van der Waals surface area contributed by atoms with E-state index < -0.39 is 0 Å². The highest BCUT2D eigenvalue weighted by Crippen LogP contribution is 2.30. The summed E-state index contributed by atoms with van der Waals surface area (Å²) in [4.78, 5) is 31.4. The van der Waals surface area contributed by atoms with Crippen molar-refractivity contribution >= 4 is 23.1 Å². The lowest BCUT2D eigenvalue weighted by molar-refractivity contribution is -0.112. The van der Waals surface area contributed by atoms with Crippen LogP contribution in [0.2, 0.25) is 0 Å². The number of carbonyl (C=O) groups excluding carboxylic acids is 2. The van der Waals surface area contributed by atoms with Gasteiger partial charge in [-0.25, -0.2) is 0 Å². The van der Waals surface area contributed by atoms with Gasteiger partial charge in [0.2, 0.25) is 0 Å². The van der Waals surface area contributed by atoms with E-state index in [1.54, 1.807) is 23.1 Å². The molecule has 0 fully saturated rings. The first-order valence-corrected chi connectivity index (χ1v) is 8.96. The lowest BCUT2D eigenvalue weighted by Crippen LogP contribution is -2.30. The lowest BCUT2D eigenvalue weighted by atomic mass is 10.1. The molecule has 1 heterocycles. The van der Waals surface area contributed by atoms with Crippen LogP contribution in [0.1, 0.15) is 21.5 Å². The van der Waals surface area contributed by atoms with Crippen molar-refractivity contribution in [1.82, 2.24) is 0 Å². The molecule has 0 atom stereocenters. The van der Waals surface area contributed by atoms with Gasteiger partial charge in [-0.2, -0.15) is 0 Å². The summed E-state index contributed by atoms with van der Waals surface area (Å²) in [5.41, 5.74) is 2.98. The number of aromatic hydroxyl groups is 1. The van der Waals surface area contributed by atoms with Gasteiger partial charge in [0.05, 0.1) is 17.8 Å². The van der Waals surface area contributed by atoms with Crippen LogP contribution in [0.3, 0.4) is 0 Å². The normalized spacial score (nSPS) is 14.4. The van der Waals surface area contributed by atoms with Gasteiger partial charge in [0.15, 0.2) is 5.78 Å². The first-order valence-electron chi connectivity index (χ1n) is 8.96. The van der Waals surface area contributed by atoms with Crippen LogP contribution in [0.25, 0.3) is 0 Å². The summed E-state index contributed by atoms with van der Waals surface area (Å²) >= 11 is 0. The molecule has 28 heavy (non-hydrogen) atoms. The van der Waals surface area contributed by atoms with Crippen LogP contribution < -0.4 is 4.90 Å². The van der Waals surface area contributed by atoms with E-state index in [1.165, 1.54) is 6.07 Å². The number of hydrogen-bond acceptors (Lipinski definition) is 4. The largest absolute Gasteiger partial charge is 0.507 e. The fourth-order valence-corrected chi connectivity index (χ4v) is 3.28. The Kier molecular flexibility index (Phi) is 4.72. The first kappa shape index (κ1) is 17.7. The number of hydrogen-bond donors (Lipinski definition) is 1. The third kappa shape index (κ3) is 3.30. The van der Waals surface area contributed by atoms with Crippen molar-refractivity contribution in [2.75, 3.05) is 11.4 Å². The van der Waals surface area contributed by atoms with Crippen LogP contribution in [0.15, 0.2) is 83.9 Å². The summed E-state index contributed by atoms with van der Waals surface area (Å²) in [7, 11) is 0. The molecule has 0 radical (unpaired) electrons. The quantitative estimate of drug-likeness (QED) is 0.698. The van der Waals surface area contributed by atoms with Crippen molar-refractivity contribution in [2.45, 2.75) is 6.54 Å². The van der Waals surface area contributed by atoms with Gasteiger partial charge in [-0.15, -0.1) is 0 Å². The number of carbonyl (C=O) groups is 2. The van der Waals surface area contributed by atoms with Gasteiger partial charge in [-0.05, 0) is 23.8 Å². The van der Waals surface area contributed by atoms with E-state index in [4.69, 9.17) is 0 Å². The lowest BCUT2D eigenvalue weighted by Gasteiger charge is -2.16. The molecule has 1 N–H and O–H groups in total. The van der Waals surface area contributed by atoms with E-state index in [1.807, 2.05) is 54.6 Å². The van der Waals surface area contributed by atoms with E-state index in [0.29, 0.717) is 12.1 Å². The molecule has 1 aliphatic heterocycles. The number of benzene rings is 3. The highest BCUT2D eigenvalue weighted by atomic mass is 16.3. The third-order valence-corrected chi connectivity index (χ3v) is 4.67. The molecule has 0 spiro atoms. The molecule has 5 heteroatoms. The second kappa shape index (κ2) is 7.48. The smallest absolute Gasteiger partial charge is 0.277 e. The maximum Gasteiger partial charge on any atom is 0.277 e. The molecule has 0 aliphatic carbocycles. The minimum Gasteiger partial charge on any atom is -0.507 e. The maximum absolute atomic E-state index is 13.0. The summed E-state index contributed by atoms with van der Waals surface area (Å²) < 4.78 is 0. The number of anilines is 1. The van der Waals surface area contributed by atoms with E-state index in [-0.39, 0.29) is 35.3 Å². The van der Waals surface area contributed by atoms with Crippen LogP contribution in [0.5, 0.6) is 5.75 Å². The summed E-state index contributed by atoms with van der Waals surface area (Å²) in [6.45, 7) is 0.231. The van der Waals surface area contributed by atoms with Crippen LogP contribution in [-0.4, -0.2) is 29.1 Å². The number of phenolic OH excluding ortho intramolecular Hbond substituents is 1. The molecule has 0 saturated heterocycles. The molecular formula is C23H18N2O3. The second-order valence-corrected chi connectivity index (χ2v) is 6.50. The van der Waals surface area contributed by atoms with E-state index >= 15 is 0 Å². The molecule has 0 unspecified atom stereocenters. The van der Waals surface area contributed by atoms with E-state index in [2.05, 4.69) is 4.99 Å². The molecule has 3 aromatic rings. The van der Waals surface area contributed by atoms with Crippen LogP contribution in [0, 0.1) is 0 Å². The second-order valence-electron chi connectivity index (χ2n) is 6.50. The number of Topliss-reactive ketones (excluding diaryl/α,β-unsaturated/α-hetero) is 1. The number of nitrogens with zero attached hydrogens (tertiary/aromatic N) is 2. The van der Waals surface area contributed by atoms with Crippen molar-refractivity contribution in [3.8, 4) is 5.75 Å². The Balaban J connectivity index is 1.62. The standard InChI is InChI=1S/C23H18N2O3/c26-20-13-7-5-11-18(20)21(27)14-24-22-17-10-4-6-12-19(17)25(23(22)28)15-16-8-2-1-3-9-16/h1-13,26H,14-15H2. The van der Waals surface area contributed by atoms with Crippen LogP contribution >= 0.6 is 0 Å². The Bertz CT molecular complexity index is 1070. The van der Waals surface area contributed by atoms with Gasteiger partial charge < -0.3 is 10.0 Å². The van der Waals surface area contributed by atoms with E-state index in [0.717, 1.165) is 11.3 Å². The van der Waals surface area contributed by atoms with Crippen molar-refractivity contribution < 1.29 is 14.7 Å². The SMILES string of the molecule is O=C(CN=C1C(=O)N(Cc2ccccc2)c2ccccc21)c1ccccc1O. The van der Waals surface area contributed by atoms with Crippen molar-refractivity contribution in [3.05, 3.63) is 95.6 Å². The van der Waals surface area contributed by atoms with Gasteiger partial charge in [0, 0.05) is 5.56 Å². The number of phenols is 1. The zero-order valence-electron chi connectivity index (χ0n) is 15.1. The fraction of sp³-hybridized carbons (Fsp3) is 0.0870. The van der Waals surface area contributed by atoms with Crippen LogP contribution in [-0.2, 0) is 11.3 Å². The topological polar surface area (TPSA) is 70.0 Å². The third-order valence-electron chi connectivity index (χ3n) is 4.67. The number of rotatable bonds is 5. The summed E-state index contributed by atoms with van der Waals surface area (Å²) in [5.74, 6) is -0.649. The summed E-state index contributed by atoms with van der Waals surface area (Å²) in [6.07, 6.45) is 0. The summed E-state index contributed by atoms with van der Waals surface area (Å²) in [6, 6.07) is 23.5. The molecular weight excluding hydrogens is 352 g/mol. The average Bonchev–Trinajstić information content (AvgIpc) is 2.99. The minimum atomic E-state index is -0.336.